The Labute approximate surface area is 226 Å². The molecule has 9 heteroatoms. The number of thiocarbonyl (C=S) groups is 1. The molecule has 0 spiro atoms. The topological polar surface area (TPSA) is 97.0 Å². The fourth-order valence-electron chi connectivity index (χ4n) is 3.84. The molecule has 0 radical (unpaired) electrons. The maximum absolute atomic E-state index is 13.2. The molecular formula is C29H27N3O5S. The van der Waals surface area contributed by atoms with Crippen LogP contribution in [-0.2, 0) is 14.4 Å². The number of hydrogen-bond donors (Lipinski definition) is 2. The van der Waals surface area contributed by atoms with Crippen molar-refractivity contribution >= 4 is 52.5 Å². The molecule has 0 aliphatic carbocycles. The Morgan fingerprint density at radius 2 is 1.76 bits per heavy atom. The summed E-state index contributed by atoms with van der Waals surface area (Å²) in [5.41, 5.74) is 3.72. The summed E-state index contributed by atoms with van der Waals surface area (Å²) in [6, 6.07) is 19.6. The highest BCUT2D eigenvalue weighted by molar-refractivity contribution is 7.80. The summed E-state index contributed by atoms with van der Waals surface area (Å²) < 4.78 is 11.5. The lowest BCUT2D eigenvalue weighted by Gasteiger charge is -2.28. The number of aryl methyl sites for hydroxylation is 2. The van der Waals surface area contributed by atoms with Crippen molar-refractivity contribution in [3.05, 3.63) is 89.0 Å². The highest BCUT2D eigenvalue weighted by atomic mass is 32.1. The predicted octanol–water partition coefficient (Wildman–Crippen LogP) is 4.55. The lowest BCUT2D eigenvalue weighted by Crippen LogP contribution is -2.54. The van der Waals surface area contributed by atoms with Gasteiger partial charge in [0.2, 0.25) is 0 Å². The van der Waals surface area contributed by atoms with Gasteiger partial charge in [0, 0.05) is 5.69 Å². The van der Waals surface area contributed by atoms with E-state index in [0.717, 1.165) is 16.8 Å². The van der Waals surface area contributed by atoms with Gasteiger partial charge in [0.15, 0.2) is 23.2 Å². The van der Waals surface area contributed by atoms with E-state index in [1.165, 1.54) is 11.0 Å². The minimum absolute atomic E-state index is 0.0150. The van der Waals surface area contributed by atoms with Crippen LogP contribution in [0, 0.1) is 13.8 Å². The number of anilines is 2. The predicted molar refractivity (Wildman–Crippen MR) is 150 cm³/mol. The van der Waals surface area contributed by atoms with E-state index >= 15 is 0 Å². The first-order valence-corrected chi connectivity index (χ1v) is 12.4. The first-order chi connectivity index (χ1) is 18.3. The molecule has 0 aromatic heterocycles. The molecule has 0 saturated carbocycles. The number of carbonyl (C=O) groups is 3. The summed E-state index contributed by atoms with van der Waals surface area (Å²) in [7, 11) is 0. The fourth-order valence-corrected chi connectivity index (χ4v) is 4.12. The van der Waals surface area contributed by atoms with Gasteiger partial charge in [0.05, 0.1) is 12.3 Å². The Kier molecular flexibility index (Phi) is 8.18. The van der Waals surface area contributed by atoms with Gasteiger partial charge in [0.1, 0.15) is 5.57 Å². The van der Waals surface area contributed by atoms with Gasteiger partial charge in [-0.15, -0.1) is 0 Å². The van der Waals surface area contributed by atoms with E-state index in [-0.39, 0.29) is 23.2 Å². The second-order valence-corrected chi connectivity index (χ2v) is 8.97. The van der Waals surface area contributed by atoms with E-state index in [1.807, 2.05) is 45.0 Å². The lowest BCUT2D eigenvalue weighted by molar-refractivity contribution is -0.122. The van der Waals surface area contributed by atoms with E-state index in [4.69, 9.17) is 21.7 Å². The zero-order valence-electron chi connectivity index (χ0n) is 21.2. The highest BCUT2D eigenvalue weighted by Crippen LogP contribution is 2.30. The Balaban J connectivity index is 1.53. The van der Waals surface area contributed by atoms with Gasteiger partial charge in [0.25, 0.3) is 17.7 Å². The molecule has 38 heavy (non-hydrogen) atoms. The quantitative estimate of drug-likeness (QED) is 0.253. The molecule has 1 saturated heterocycles. The van der Waals surface area contributed by atoms with Gasteiger partial charge < -0.3 is 14.8 Å². The first-order valence-electron chi connectivity index (χ1n) is 12.0. The van der Waals surface area contributed by atoms with Crippen LogP contribution in [0.3, 0.4) is 0 Å². The standard InChI is InChI=1S/C29H27N3O5S/c1-4-36-25-16-20(12-13-24(25)37-17-26(33)30-23-14-18(2)10-11-19(23)3)15-22-27(34)31-29(38)32(28(22)35)21-8-6-5-7-9-21/h5-16H,4,17H2,1-3H3,(H,30,33)(H,31,34,38)/b22-15-. The van der Waals surface area contributed by atoms with Crippen LogP contribution in [-0.4, -0.2) is 36.0 Å². The second kappa shape index (κ2) is 11.7. The fraction of sp³-hybridized carbons (Fsp3) is 0.172. The Morgan fingerprint density at radius 3 is 2.50 bits per heavy atom. The molecule has 3 aromatic carbocycles. The van der Waals surface area contributed by atoms with E-state index in [9.17, 15) is 14.4 Å². The molecule has 1 aliphatic rings. The highest BCUT2D eigenvalue weighted by Gasteiger charge is 2.34. The summed E-state index contributed by atoms with van der Waals surface area (Å²) >= 11 is 5.23. The molecule has 3 aromatic rings. The summed E-state index contributed by atoms with van der Waals surface area (Å²) in [6.45, 7) is 5.81. The van der Waals surface area contributed by atoms with Crippen LogP contribution in [0.4, 0.5) is 11.4 Å². The monoisotopic (exact) mass is 529 g/mol. The van der Waals surface area contributed by atoms with E-state index < -0.39 is 11.8 Å². The largest absolute Gasteiger partial charge is 0.490 e. The minimum atomic E-state index is -0.589. The Morgan fingerprint density at radius 1 is 1.00 bits per heavy atom. The number of nitrogens with zero attached hydrogens (tertiary/aromatic N) is 1. The van der Waals surface area contributed by atoms with Gasteiger partial charge >= 0.3 is 0 Å². The van der Waals surface area contributed by atoms with Crippen LogP contribution in [0.15, 0.2) is 72.3 Å². The molecule has 0 unspecified atom stereocenters. The molecule has 1 fully saturated rings. The minimum Gasteiger partial charge on any atom is -0.490 e. The zero-order chi connectivity index (χ0) is 27.2. The number of para-hydroxylation sites is 1. The van der Waals surface area contributed by atoms with Crippen LogP contribution in [0.1, 0.15) is 23.6 Å². The number of benzene rings is 3. The van der Waals surface area contributed by atoms with E-state index in [2.05, 4.69) is 10.6 Å². The molecule has 0 atom stereocenters. The number of hydrogen-bond acceptors (Lipinski definition) is 6. The molecule has 2 N–H and O–H groups in total. The number of ether oxygens (including phenoxy) is 2. The Hall–Kier alpha value is -4.50. The third-order valence-electron chi connectivity index (χ3n) is 5.72. The zero-order valence-corrected chi connectivity index (χ0v) is 22.1. The van der Waals surface area contributed by atoms with Crippen LogP contribution < -0.4 is 25.0 Å². The van der Waals surface area contributed by atoms with Crippen molar-refractivity contribution in [3.8, 4) is 11.5 Å². The van der Waals surface area contributed by atoms with Crippen molar-refractivity contribution in [2.45, 2.75) is 20.8 Å². The Bertz CT molecular complexity index is 1440. The number of carbonyl (C=O) groups excluding carboxylic acids is 3. The lowest BCUT2D eigenvalue weighted by atomic mass is 10.1. The molecule has 8 nitrogen and oxygen atoms in total. The third-order valence-corrected chi connectivity index (χ3v) is 6.01. The van der Waals surface area contributed by atoms with Crippen molar-refractivity contribution < 1.29 is 23.9 Å². The number of amides is 3. The first kappa shape index (κ1) is 26.6. The maximum atomic E-state index is 13.2. The summed E-state index contributed by atoms with van der Waals surface area (Å²) in [5.74, 6) is -0.703. The van der Waals surface area contributed by atoms with E-state index in [1.54, 1.807) is 42.5 Å². The smallest absolute Gasteiger partial charge is 0.270 e. The number of rotatable bonds is 8. The third kappa shape index (κ3) is 6.07. The molecule has 1 heterocycles. The van der Waals surface area contributed by atoms with Gasteiger partial charge in [-0.25, -0.2) is 0 Å². The second-order valence-electron chi connectivity index (χ2n) is 8.59. The van der Waals surface area contributed by atoms with Gasteiger partial charge in [-0.3, -0.25) is 24.6 Å². The molecule has 194 valence electrons. The van der Waals surface area contributed by atoms with Crippen molar-refractivity contribution in [2.24, 2.45) is 0 Å². The van der Waals surface area contributed by atoms with Gasteiger partial charge in [-0.05, 0) is 86.1 Å². The van der Waals surface area contributed by atoms with Crippen molar-refractivity contribution in [1.29, 1.82) is 0 Å². The molecule has 0 bridgehead atoms. The average Bonchev–Trinajstić information content (AvgIpc) is 2.89. The molecular weight excluding hydrogens is 502 g/mol. The molecule has 1 aliphatic heterocycles. The molecule has 4 rings (SSSR count). The van der Waals surface area contributed by atoms with Crippen molar-refractivity contribution in [2.75, 3.05) is 23.4 Å². The molecule has 3 amide bonds. The normalized spacial score (nSPS) is 14.3. The summed E-state index contributed by atoms with van der Waals surface area (Å²) in [4.78, 5) is 39.6. The summed E-state index contributed by atoms with van der Waals surface area (Å²) in [5, 5.41) is 5.44. The number of nitrogens with one attached hydrogen (secondary N) is 2. The van der Waals surface area contributed by atoms with Gasteiger partial charge in [-0.1, -0.05) is 36.4 Å². The maximum Gasteiger partial charge on any atom is 0.270 e. The van der Waals surface area contributed by atoms with Crippen LogP contribution >= 0.6 is 12.2 Å². The average molecular weight is 530 g/mol. The van der Waals surface area contributed by atoms with Crippen molar-refractivity contribution in [3.63, 3.8) is 0 Å². The SMILES string of the molecule is CCOc1cc(/C=C2/C(=O)NC(=S)N(c3ccccc3)C2=O)ccc1OCC(=O)Nc1cc(C)ccc1C. The summed E-state index contributed by atoms with van der Waals surface area (Å²) in [6.07, 6.45) is 1.47. The van der Waals surface area contributed by atoms with E-state index in [0.29, 0.717) is 29.4 Å². The van der Waals surface area contributed by atoms with Crippen LogP contribution in [0.25, 0.3) is 6.08 Å². The van der Waals surface area contributed by atoms with Gasteiger partial charge in [-0.2, -0.15) is 0 Å². The van der Waals surface area contributed by atoms with Crippen LogP contribution in [0.5, 0.6) is 11.5 Å². The van der Waals surface area contributed by atoms with Crippen molar-refractivity contribution in [1.82, 2.24) is 5.32 Å². The van der Waals surface area contributed by atoms with Crippen LogP contribution in [0.2, 0.25) is 0 Å².